The van der Waals surface area contributed by atoms with Crippen LogP contribution in [-0.4, -0.2) is 41.8 Å². The molecule has 0 saturated carbocycles. The van der Waals surface area contributed by atoms with Gasteiger partial charge < -0.3 is 19.9 Å². The molecule has 9 nitrogen and oxygen atoms in total. The Bertz CT molecular complexity index is 858. The number of rotatable bonds is 8. The van der Waals surface area contributed by atoms with Gasteiger partial charge in [0.2, 0.25) is 0 Å². The van der Waals surface area contributed by atoms with Gasteiger partial charge in [-0.1, -0.05) is 12.1 Å². The first-order valence-corrected chi connectivity index (χ1v) is 8.69. The highest BCUT2D eigenvalue weighted by Gasteiger charge is 2.37. The smallest absolute Gasteiger partial charge is 0.336 e. The van der Waals surface area contributed by atoms with E-state index in [2.05, 4.69) is 5.32 Å². The number of aliphatic carboxylic acids is 1. The Labute approximate surface area is 161 Å². The number of nitro benzene ring substituents is 1. The number of carbonyl (C=O) groups is 2. The first-order valence-electron chi connectivity index (χ1n) is 8.69. The van der Waals surface area contributed by atoms with E-state index in [0.29, 0.717) is 23.6 Å². The summed E-state index contributed by atoms with van der Waals surface area (Å²) in [5.41, 5.74) is 0.944. The fraction of sp³-hybridized carbons (Fsp3) is 0.368. The number of nitrogens with zero attached hydrogens (tertiary/aromatic N) is 1. The number of non-ortho nitro benzene ring substituents is 1. The zero-order valence-corrected chi connectivity index (χ0v) is 15.9. The summed E-state index contributed by atoms with van der Waals surface area (Å²) >= 11 is 0. The number of carboxylic acid groups (broad SMARTS) is 1. The van der Waals surface area contributed by atoms with Gasteiger partial charge in [-0.2, -0.15) is 0 Å². The Balaban J connectivity index is 2.50. The first kappa shape index (κ1) is 21.1. The van der Waals surface area contributed by atoms with Crippen LogP contribution in [0.25, 0.3) is 0 Å². The molecule has 28 heavy (non-hydrogen) atoms. The van der Waals surface area contributed by atoms with Gasteiger partial charge in [-0.05, 0) is 26.3 Å². The maximum Gasteiger partial charge on any atom is 0.336 e. The molecule has 1 atom stereocenters. The second-order valence-corrected chi connectivity index (χ2v) is 6.13. The van der Waals surface area contributed by atoms with E-state index in [0.717, 1.165) is 0 Å². The van der Waals surface area contributed by atoms with Crippen LogP contribution >= 0.6 is 0 Å². The molecule has 9 heteroatoms. The van der Waals surface area contributed by atoms with Gasteiger partial charge in [-0.15, -0.1) is 0 Å². The number of hydrogen-bond donors (Lipinski definition) is 2. The topological polar surface area (TPSA) is 128 Å². The molecule has 0 spiro atoms. The molecule has 0 aromatic heterocycles. The maximum atomic E-state index is 12.7. The monoisotopic (exact) mass is 390 g/mol. The third kappa shape index (κ3) is 4.55. The highest BCUT2D eigenvalue weighted by atomic mass is 16.6. The normalized spacial score (nSPS) is 16.6. The molecular weight excluding hydrogens is 368 g/mol. The molecule has 1 aromatic carbocycles. The van der Waals surface area contributed by atoms with Crippen molar-refractivity contribution < 1.29 is 29.1 Å². The van der Waals surface area contributed by atoms with Gasteiger partial charge in [0.25, 0.3) is 5.69 Å². The SMILES string of the molecule is CCOCCOC(=O)C1=C(C)NC(C)=C(C(=O)O)C1c1cccc([N+](=O)[O-])c1. The van der Waals surface area contributed by atoms with Crippen LogP contribution in [0.2, 0.25) is 0 Å². The van der Waals surface area contributed by atoms with Crippen LogP contribution in [0, 0.1) is 10.1 Å². The fourth-order valence-corrected chi connectivity index (χ4v) is 3.11. The third-order valence-corrected chi connectivity index (χ3v) is 4.29. The third-order valence-electron chi connectivity index (χ3n) is 4.29. The number of hydrogen-bond acceptors (Lipinski definition) is 7. The summed E-state index contributed by atoms with van der Waals surface area (Å²) in [7, 11) is 0. The predicted molar refractivity (Wildman–Crippen MR) is 99.5 cm³/mol. The molecule has 0 amide bonds. The molecule has 0 aliphatic carbocycles. The Morgan fingerprint density at radius 1 is 1.21 bits per heavy atom. The Morgan fingerprint density at radius 2 is 1.89 bits per heavy atom. The lowest BCUT2D eigenvalue weighted by atomic mass is 9.80. The van der Waals surface area contributed by atoms with Crippen LogP contribution in [0.5, 0.6) is 0 Å². The largest absolute Gasteiger partial charge is 0.478 e. The lowest BCUT2D eigenvalue weighted by Crippen LogP contribution is -2.32. The van der Waals surface area contributed by atoms with E-state index in [1.54, 1.807) is 19.9 Å². The van der Waals surface area contributed by atoms with Gasteiger partial charge in [0, 0.05) is 30.1 Å². The number of allylic oxidation sites excluding steroid dienone is 2. The first-order chi connectivity index (χ1) is 13.3. The second kappa shape index (κ2) is 9.14. The quantitative estimate of drug-likeness (QED) is 0.300. The zero-order valence-electron chi connectivity index (χ0n) is 15.9. The van der Waals surface area contributed by atoms with E-state index in [1.807, 2.05) is 6.92 Å². The van der Waals surface area contributed by atoms with Gasteiger partial charge in [-0.3, -0.25) is 10.1 Å². The average Bonchev–Trinajstić information content (AvgIpc) is 2.64. The van der Waals surface area contributed by atoms with Gasteiger partial charge in [0.1, 0.15) is 6.61 Å². The number of carbonyl (C=O) groups excluding carboxylic acids is 1. The number of carboxylic acids is 1. The standard InChI is InChI=1S/C19H22N2O7/c1-4-27-8-9-28-19(24)16-12(3)20-11(2)15(18(22)23)17(16)13-6-5-7-14(10-13)21(25)26/h5-7,10,17,20H,4,8-9H2,1-3H3,(H,22,23). The molecular formula is C19H22N2O7. The van der Waals surface area contributed by atoms with Crippen LogP contribution in [-0.2, 0) is 19.1 Å². The minimum atomic E-state index is -1.23. The molecule has 1 aliphatic rings. The van der Waals surface area contributed by atoms with E-state index >= 15 is 0 Å². The molecule has 1 heterocycles. The predicted octanol–water partition coefficient (Wildman–Crippen LogP) is 2.49. The van der Waals surface area contributed by atoms with Gasteiger partial charge in [0.05, 0.1) is 28.6 Å². The number of nitrogens with one attached hydrogen (secondary N) is 1. The highest BCUT2D eigenvalue weighted by molar-refractivity contribution is 5.99. The number of ether oxygens (including phenoxy) is 2. The van der Waals surface area contributed by atoms with Crippen molar-refractivity contribution in [3.63, 3.8) is 0 Å². The van der Waals surface area contributed by atoms with Crippen molar-refractivity contribution in [3.05, 3.63) is 62.5 Å². The molecule has 0 saturated heterocycles. The Hall–Kier alpha value is -3.20. The summed E-state index contributed by atoms with van der Waals surface area (Å²) in [6.45, 7) is 5.72. The van der Waals surface area contributed by atoms with Crippen molar-refractivity contribution in [1.82, 2.24) is 5.32 Å². The summed E-state index contributed by atoms with van der Waals surface area (Å²) in [5.74, 6) is -2.93. The number of benzene rings is 1. The zero-order chi connectivity index (χ0) is 20.8. The van der Waals surface area contributed by atoms with Crippen LogP contribution in [0.15, 0.2) is 46.8 Å². The van der Waals surface area contributed by atoms with Gasteiger partial charge in [-0.25, -0.2) is 9.59 Å². The van der Waals surface area contributed by atoms with Crippen LogP contribution in [0.1, 0.15) is 32.3 Å². The molecule has 2 rings (SSSR count). The average molecular weight is 390 g/mol. The Morgan fingerprint density at radius 3 is 2.50 bits per heavy atom. The lowest BCUT2D eigenvalue weighted by Gasteiger charge is -2.29. The van der Waals surface area contributed by atoms with Crippen molar-refractivity contribution in [2.75, 3.05) is 19.8 Å². The van der Waals surface area contributed by atoms with Crippen LogP contribution in [0.4, 0.5) is 5.69 Å². The highest BCUT2D eigenvalue weighted by Crippen LogP contribution is 2.39. The van der Waals surface area contributed by atoms with E-state index in [9.17, 15) is 24.8 Å². The van der Waals surface area contributed by atoms with Gasteiger partial charge in [0.15, 0.2) is 0 Å². The molecule has 0 radical (unpaired) electrons. The summed E-state index contributed by atoms with van der Waals surface area (Å²) < 4.78 is 10.4. The van der Waals surface area contributed by atoms with Crippen LogP contribution in [0.3, 0.4) is 0 Å². The van der Waals surface area contributed by atoms with Gasteiger partial charge >= 0.3 is 11.9 Å². The number of esters is 1. The van der Waals surface area contributed by atoms with Crippen molar-refractivity contribution in [2.24, 2.45) is 0 Å². The summed E-state index contributed by atoms with van der Waals surface area (Å²) in [6.07, 6.45) is 0. The van der Waals surface area contributed by atoms with E-state index < -0.39 is 22.8 Å². The summed E-state index contributed by atoms with van der Waals surface area (Å²) in [5, 5.41) is 23.8. The molecule has 0 bridgehead atoms. The molecule has 1 unspecified atom stereocenters. The van der Waals surface area contributed by atoms with Crippen LogP contribution < -0.4 is 5.32 Å². The second-order valence-electron chi connectivity index (χ2n) is 6.13. The maximum absolute atomic E-state index is 12.7. The van der Waals surface area contributed by atoms with E-state index in [1.165, 1.54) is 18.2 Å². The molecule has 150 valence electrons. The van der Waals surface area contributed by atoms with Crippen molar-refractivity contribution in [2.45, 2.75) is 26.7 Å². The Kier molecular flexibility index (Phi) is 6.89. The molecule has 1 aromatic rings. The van der Waals surface area contributed by atoms with Crippen molar-refractivity contribution >= 4 is 17.6 Å². The van der Waals surface area contributed by atoms with E-state index in [-0.39, 0.29) is 30.0 Å². The molecule has 2 N–H and O–H groups in total. The lowest BCUT2D eigenvalue weighted by molar-refractivity contribution is -0.384. The summed E-state index contributed by atoms with van der Waals surface area (Å²) in [6, 6.07) is 5.59. The van der Waals surface area contributed by atoms with Crippen molar-refractivity contribution in [1.29, 1.82) is 0 Å². The minimum Gasteiger partial charge on any atom is -0.478 e. The number of dihydropyridines is 1. The summed E-state index contributed by atoms with van der Waals surface area (Å²) in [4.78, 5) is 35.2. The van der Waals surface area contributed by atoms with Crippen molar-refractivity contribution in [3.8, 4) is 0 Å². The minimum absolute atomic E-state index is 0.0101. The fourth-order valence-electron chi connectivity index (χ4n) is 3.11. The van der Waals surface area contributed by atoms with E-state index in [4.69, 9.17) is 9.47 Å². The molecule has 0 fully saturated rings. The number of nitro groups is 1. The molecule has 1 aliphatic heterocycles.